The maximum Gasteiger partial charge on any atom is 0.273 e. The van der Waals surface area contributed by atoms with Crippen molar-refractivity contribution in [2.24, 2.45) is 5.73 Å². The molecule has 0 spiro atoms. The Bertz CT molecular complexity index is 259. The monoisotopic (exact) mass is 188 g/mol. The summed E-state index contributed by atoms with van der Waals surface area (Å²) in [6.45, 7) is 0. The highest BCUT2D eigenvalue weighted by atomic mass is 32.1. The zero-order chi connectivity index (χ0) is 8.27. The molecule has 0 bridgehead atoms. The molecule has 0 saturated heterocycles. The van der Waals surface area contributed by atoms with E-state index in [4.69, 9.17) is 22.7 Å². The lowest BCUT2D eigenvalue weighted by Crippen LogP contribution is -2.09. The first-order valence-corrected chi connectivity index (χ1v) is 4.22. The van der Waals surface area contributed by atoms with Crippen molar-refractivity contribution in [3.8, 4) is 5.19 Å². The lowest BCUT2D eigenvalue weighted by atomic mass is 10.4. The summed E-state index contributed by atoms with van der Waals surface area (Å²) in [5.74, 6) is 0. The second-order valence-electron chi connectivity index (χ2n) is 1.94. The molecule has 0 atom stereocenters. The number of nitrogens with zero attached hydrogens (tertiary/aromatic N) is 1. The highest BCUT2D eigenvalue weighted by Gasteiger charge is 2.01. The molecule has 0 aliphatic heterocycles. The molecule has 1 rings (SSSR count). The van der Waals surface area contributed by atoms with Gasteiger partial charge in [-0.2, -0.15) is 0 Å². The second-order valence-corrected chi connectivity index (χ2v) is 3.54. The zero-order valence-corrected chi connectivity index (χ0v) is 7.67. The molecule has 0 radical (unpaired) electrons. The van der Waals surface area contributed by atoms with Crippen LogP contribution in [0.25, 0.3) is 0 Å². The number of rotatable bonds is 3. The lowest BCUT2D eigenvalue weighted by molar-refractivity contribution is 0.412. The Morgan fingerprint density at radius 2 is 2.64 bits per heavy atom. The smallest absolute Gasteiger partial charge is 0.273 e. The molecule has 1 aromatic heterocycles. The average Bonchev–Trinajstić information content (AvgIpc) is 2.34. The fourth-order valence-electron chi connectivity index (χ4n) is 0.637. The SMILES string of the molecule is COc1ncc(CC(N)=S)s1. The average molecular weight is 188 g/mol. The van der Waals surface area contributed by atoms with E-state index >= 15 is 0 Å². The van der Waals surface area contributed by atoms with Gasteiger partial charge in [0, 0.05) is 17.5 Å². The van der Waals surface area contributed by atoms with E-state index in [1.807, 2.05) is 0 Å². The number of hydrogen-bond acceptors (Lipinski definition) is 4. The molecule has 1 heterocycles. The van der Waals surface area contributed by atoms with Crippen LogP contribution in [0, 0.1) is 0 Å². The molecular formula is C6H8N2OS2. The van der Waals surface area contributed by atoms with Crippen LogP contribution in [0.4, 0.5) is 0 Å². The van der Waals surface area contributed by atoms with Gasteiger partial charge in [-0.3, -0.25) is 0 Å². The van der Waals surface area contributed by atoms with Gasteiger partial charge in [0.25, 0.3) is 5.19 Å². The summed E-state index contributed by atoms with van der Waals surface area (Å²) in [5.41, 5.74) is 5.34. The minimum absolute atomic E-state index is 0.483. The van der Waals surface area contributed by atoms with Gasteiger partial charge < -0.3 is 10.5 Å². The molecule has 0 saturated carbocycles. The van der Waals surface area contributed by atoms with Crippen molar-refractivity contribution in [2.45, 2.75) is 6.42 Å². The summed E-state index contributed by atoms with van der Waals surface area (Å²) in [4.78, 5) is 5.49. The van der Waals surface area contributed by atoms with Crippen molar-refractivity contribution in [3.05, 3.63) is 11.1 Å². The van der Waals surface area contributed by atoms with Crippen LogP contribution in [0.1, 0.15) is 4.88 Å². The maximum atomic E-state index is 5.34. The molecule has 0 fully saturated rings. The molecule has 0 aromatic carbocycles. The number of aromatic nitrogens is 1. The largest absolute Gasteiger partial charge is 0.473 e. The van der Waals surface area contributed by atoms with E-state index in [-0.39, 0.29) is 0 Å². The number of methoxy groups -OCH3 is 1. The quantitative estimate of drug-likeness (QED) is 0.718. The van der Waals surface area contributed by atoms with E-state index in [1.54, 1.807) is 13.3 Å². The first-order chi connectivity index (χ1) is 5.22. The van der Waals surface area contributed by atoms with Crippen LogP contribution < -0.4 is 10.5 Å². The Morgan fingerprint density at radius 1 is 1.91 bits per heavy atom. The fourth-order valence-corrected chi connectivity index (χ4v) is 1.63. The van der Waals surface area contributed by atoms with Crippen molar-refractivity contribution in [1.29, 1.82) is 0 Å². The minimum Gasteiger partial charge on any atom is -0.473 e. The number of hydrogen-bond donors (Lipinski definition) is 1. The summed E-state index contributed by atoms with van der Waals surface area (Å²) in [6, 6.07) is 0. The van der Waals surface area contributed by atoms with Gasteiger partial charge in [0.1, 0.15) is 0 Å². The van der Waals surface area contributed by atoms with Crippen LogP contribution >= 0.6 is 23.6 Å². The Kier molecular flexibility index (Phi) is 2.78. The third kappa shape index (κ3) is 2.44. The predicted octanol–water partition coefficient (Wildman–Crippen LogP) is 0.980. The van der Waals surface area contributed by atoms with E-state index in [9.17, 15) is 0 Å². The third-order valence-corrected chi connectivity index (χ3v) is 2.16. The number of nitrogens with two attached hydrogens (primary N) is 1. The first kappa shape index (κ1) is 8.42. The molecule has 5 heteroatoms. The molecule has 0 amide bonds. The molecule has 3 nitrogen and oxygen atoms in total. The topological polar surface area (TPSA) is 48.1 Å². The molecule has 60 valence electrons. The zero-order valence-electron chi connectivity index (χ0n) is 6.03. The van der Waals surface area contributed by atoms with Gasteiger partial charge in [0.15, 0.2) is 0 Å². The van der Waals surface area contributed by atoms with Gasteiger partial charge in [-0.1, -0.05) is 23.6 Å². The molecule has 0 unspecified atom stereocenters. The number of thiazole rings is 1. The van der Waals surface area contributed by atoms with Crippen LogP contribution in [0.15, 0.2) is 6.20 Å². The van der Waals surface area contributed by atoms with Crippen LogP contribution in [-0.4, -0.2) is 17.1 Å². The fraction of sp³-hybridized carbons (Fsp3) is 0.333. The third-order valence-electron chi connectivity index (χ3n) is 1.06. The standard InChI is InChI=1S/C6H8N2OS2/c1-9-6-8-3-4(11-6)2-5(7)10/h3H,2H2,1H3,(H2,7,10). The molecule has 2 N–H and O–H groups in total. The number of ether oxygens (including phenoxy) is 1. The van der Waals surface area contributed by atoms with Crippen molar-refractivity contribution in [3.63, 3.8) is 0 Å². The van der Waals surface area contributed by atoms with Crippen molar-refractivity contribution >= 4 is 28.5 Å². The van der Waals surface area contributed by atoms with Gasteiger partial charge in [-0.05, 0) is 0 Å². The van der Waals surface area contributed by atoms with Gasteiger partial charge in [0.2, 0.25) is 0 Å². The number of thiocarbonyl (C=S) groups is 1. The van der Waals surface area contributed by atoms with E-state index in [0.717, 1.165) is 4.88 Å². The van der Waals surface area contributed by atoms with E-state index in [0.29, 0.717) is 16.6 Å². The Labute approximate surface area is 74.2 Å². The van der Waals surface area contributed by atoms with E-state index < -0.39 is 0 Å². The normalized spacial score (nSPS) is 9.55. The van der Waals surface area contributed by atoms with Crippen LogP contribution in [-0.2, 0) is 6.42 Å². The molecule has 0 aliphatic rings. The minimum atomic E-state index is 0.483. The highest BCUT2D eigenvalue weighted by Crippen LogP contribution is 2.19. The van der Waals surface area contributed by atoms with Crippen molar-refractivity contribution in [1.82, 2.24) is 4.98 Å². The Hall–Kier alpha value is -0.680. The van der Waals surface area contributed by atoms with Crippen LogP contribution in [0.5, 0.6) is 5.19 Å². The maximum absolute atomic E-state index is 5.34. The molecule has 11 heavy (non-hydrogen) atoms. The van der Waals surface area contributed by atoms with Crippen LogP contribution in [0.3, 0.4) is 0 Å². The van der Waals surface area contributed by atoms with E-state index in [1.165, 1.54) is 11.3 Å². The summed E-state index contributed by atoms with van der Waals surface area (Å²) in [5, 5.41) is 0.649. The Morgan fingerprint density at radius 3 is 3.09 bits per heavy atom. The molecule has 0 aliphatic carbocycles. The van der Waals surface area contributed by atoms with Gasteiger partial charge in [-0.15, -0.1) is 0 Å². The molecular weight excluding hydrogens is 180 g/mol. The predicted molar refractivity (Wildman–Crippen MR) is 49.2 cm³/mol. The molecule has 1 aromatic rings. The summed E-state index contributed by atoms with van der Waals surface area (Å²) in [6.07, 6.45) is 2.33. The van der Waals surface area contributed by atoms with Crippen molar-refractivity contribution in [2.75, 3.05) is 7.11 Å². The summed E-state index contributed by atoms with van der Waals surface area (Å²) < 4.78 is 4.90. The second kappa shape index (κ2) is 3.64. The van der Waals surface area contributed by atoms with E-state index in [2.05, 4.69) is 4.98 Å². The highest BCUT2D eigenvalue weighted by molar-refractivity contribution is 7.80. The van der Waals surface area contributed by atoms with Gasteiger partial charge in [0.05, 0.1) is 12.1 Å². The summed E-state index contributed by atoms with van der Waals surface area (Å²) >= 11 is 6.20. The summed E-state index contributed by atoms with van der Waals surface area (Å²) in [7, 11) is 1.59. The lowest BCUT2D eigenvalue weighted by Gasteiger charge is -1.90. The Balaban J connectivity index is 2.65. The van der Waals surface area contributed by atoms with Crippen LogP contribution in [0.2, 0.25) is 0 Å². The first-order valence-electron chi connectivity index (χ1n) is 2.99. The van der Waals surface area contributed by atoms with Crippen molar-refractivity contribution < 1.29 is 4.74 Å². The van der Waals surface area contributed by atoms with Gasteiger partial charge in [-0.25, -0.2) is 4.98 Å². The van der Waals surface area contributed by atoms with Gasteiger partial charge >= 0.3 is 0 Å².